The summed E-state index contributed by atoms with van der Waals surface area (Å²) < 4.78 is 5.13. The molecular weight excluding hydrogens is 290 g/mol. The molecule has 0 saturated heterocycles. The Bertz CT molecular complexity index is 585. The molecule has 5 heteroatoms. The van der Waals surface area contributed by atoms with Crippen LogP contribution in [0.1, 0.15) is 17.5 Å². The standard InChI is InChI=1S/C18H23N3O2/c1-23-17-4-2-15(3-5-17)6-10-20-13-9-18(22)21-14-16-7-11-19-12-8-16/h2-5,7-8,11-12,20H,6,9-10,13-14H2,1H3,(H,21,22). The molecule has 0 bridgehead atoms. The number of carbonyl (C=O) groups excluding carboxylic acids is 1. The number of aromatic nitrogens is 1. The maximum Gasteiger partial charge on any atom is 0.221 e. The number of nitrogens with one attached hydrogen (secondary N) is 2. The van der Waals surface area contributed by atoms with Gasteiger partial charge in [0.2, 0.25) is 5.91 Å². The van der Waals surface area contributed by atoms with Crippen molar-refractivity contribution in [3.8, 4) is 5.75 Å². The lowest BCUT2D eigenvalue weighted by molar-refractivity contribution is -0.121. The molecule has 0 aliphatic rings. The number of hydrogen-bond acceptors (Lipinski definition) is 4. The summed E-state index contributed by atoms with van der Waals surface area (Å²) >= 11 is 0. The van der Waals surface area contributed by atoms with Crippen molar-refractivity contribution in [2.24, 2.45) is 0 Å². The maximum atomic E-state index is 11.7. The molecule has 23 heavy (non-hydrogen) atoms. The van der Waals surface area contributed by atoms with Gasteiger partial charge in [-0.3, -0.25) is 9.78 Å². The van der Waals surface area contributed by atoms with Gasteiger partial charge in [-0.25, -0.2) is 0 Å². The van der Waals surface area contributed by atoms with Gasteiger partial charge in [0, 0.05) is 31.9 Å². The lowest BCUT2D eigenvalue weighted by Crippen LogP contribution is -2.28. The van der Waals surface area contributed by atoms with Crippen molar-refractivity contribution in [2.45, 2.75) is 19.4 Å². The molecule has 0 fully saturated rings. The number of nitrogens with zero attached hydrogens (tertiary/aromatic N) is 1. The van der Waals surface area contributed by atoms with Crippen LogP contribution < -0.4 is 15.4 Å². The zero-order chi connectivity index (χ0) is 16.3. The Labute approximate surface area is 137 Å². The Balaban J connectivity index is 1.55. The summed E-state index contributed by atoms with van der Waals surface area (Å²) in [6, 6.07) is 11.8. The summed E-state index contributed by atoms with van der Waals surface area (Å²) in [6.07, 6.45) is 4.86. The average molecular weight is 313 g/mol. The average Bonchev–Trinajstić information content (AvgIpc) is 2.61. The van der Waals surface area contributed by atoms with Gasteiger partial charge in [0.15, 0.2) is 0 Å². The van der Waals surface area contributed by atoms with E-state index in [2.05, 4.69) is 27.8 Å². The van der Waals surface area contributed by atoms with Crippen molar-refractivity contribution in [3.63, 3.8) is 0 Å². The van der Waals surface area contributed by atoms with Crippen molar-refractivity contribution in [1.29, 1.82) is 0 Å². The number of hydrogen-bond donors (Lipinski definition) is 2. The Kier molecular flexibility index (Phi) is 7.07. The number of methoxy groups -OCH3 is 1. The van der Waals surface area contributed by atoms with Crippen molar-refractivity contribution in [1.82, 2.24) is 15.6 Å². The summed E-state index contributed by atoms with van der Waals surface area (Å²) in [5.74, 6) is 0.923. The van der Waals surface area contributed by atoms with E-state index in [9.17, 15) is 4.79 Å². The van der Waals surface area contributed by atoms with Gasteiger partial charge in [0.1, 0.15) is 5.75 Å². The molecule has 0 aliphatic heterocycles. The molecule has 1 aromatic carbocycles. The van der Waals surface area contributed by atoms with E-state index >= 15 is 0 Å². The van der Waals surface area contributed by atoms with Crippen molar-refractivity contribution >= 4 is 5.91 Å². The third-order valence-electron chi connectivity index (χ3n) is 3.52. The van der Waals surface area contributed by atoms with Gasteiger partial charge >= 0.3 is 0 Å². The normalized spacial score (nSPS) is 10.3. The molecule has 0 spiro atoms. The quantitative estimate of drug-likeness (QED) is 0.694. The lowest BCUT2D eigenvalue weighted by atomic mass is 10.1. The molecule has 2 rings (SSSR count). The zero-order valence-electron chi connectivity index (χ0n) is 13.4. The number of carbonyl (C=O) groups is 1. The molecule has 1 aromatic heterocycles. The van der Waals surface area contributed by atoms with Crippen LogP contribution in [0, 0.1) is 0 Å². The van der Waals surface area contributed by atoms with E-state index in [-0.39, 0.29) is 5.91 Å². The fraction of sp³-hybridized carbons (Fsp3) is 0.333. The van der Waals surface area contributed by atoms with E-state index in [0.717, 1.165) is 24.3 Å². The number of pyridine rings is 1. The monoisotopic (exact) mass is 313 g/mol. The third kappa shape index (κ3) is 6.48. The van der Waals surface area contributed by atoms with Gasteiger partial charge in [-0.15, -0.1) is 0 Å². The summed E-state index contributed by atoms with van der Waals surface area (Å²) in [5.41, 5.74) is 2.31. The van der Waals surface area contributed by atoms with E-state index in [0.29, 0.717) is 19.5 Å². The zero-order valence-corrected chi connectivity index (χ0v) is 13.4. The highest BCUT2D eigenvalue weighted by atomic mass is 16.5. The van der Waals surface area contributed by atoms with Crippen LogP contribution in [0.4, 0.5) is 0 Å². The summed E-state index contributed by atoms with van der Waals surface area (Å²) in [6.45, 7) is 2.08. The van der Waals surface area contributed by atoms with Crippen LogP contribution >= 0.6 is 0 Å². The van der Waals surface area contributed by atoms with E-state index in [1.165, 1.54) is 5.56 Å². The predicted octanol–water partition coefficient (Wildman–Crippen LogP) is 1.93. The SMILES string of the molecule is COc1ccc(CCNCCC(=O)NCc2ccncc2)cc1. The highest BCUT2D eigenvalue weighted by Gasteiger charge is 2.01. The first-order chi connectivity index (χ1) is 11.3. The number of benzene rings is 1. The third-order valence-corrected chi connectivity index (χ3v) is 3.52. The first-order valence-electron chi connectivity index (χ1n) is 7.77. The van der Waals surface area contributed by atoms with E-state index < -0.39 is 0 Å². The van der Waals surface area contributed by atoms with Crippen LogP contribution in [0.2, 0.25) is 0 Å². The largest absolute Gasteiger partial charge is 0.497 e. The molecule has 1 heterocycles. The number of amides is 1. The highest BCUT2D eigenvalue weighted by molar-refractivity contribution is 5.76. The Hall–Kier alpha value is -2.40. The van der Waals surface area contributed by atoms with E-state index in [1.807, 2.05) is 24.3 Å². The first kappa shape index (κ1) is 17.0. The fourth-order valence-corrected chi connectivity index (χ4v) is 2.14. The van der Waals surface area contributed by atoms with Crippen LogP contribution in [0.3, 0.4) is 0 Å². The summed E-state index contributed by atoms with van der Waals surface area (Å²) in [7, 11) is 1.66. The summed E-state index contributed by atoms with van der Waals surface area (Å²) in [5, 5.41) is 6.19. The Morgan fingerprint density at radius 1 is 1.04 bits per heavy atom. The highest BCUT2D eigenvalue weighted by Crippen LogP contribution is 2.11. The summed E-state index contributed by atoms with van der Waals surface area (Å²) in [4.78, 5) is 15.7. The second-order valence-corrected chi connectivity index (χ2v) is 5.23. The molecule has 1 amide bonds. The van der Waals surface area contributed by atoms with Gasteiger partial charge < -0.3 is 15.4 Å². The predicted molar refractivity (Wildman–Crippen MR) is 90.3 cm³/mol. The van der Waals surface area contributed by atoms with E-state index in [1.54, 1.807) is 19.5 Å². The molecule has 122 valence electrons. The number of rotatable bonds is 9. The maximum absolute atomic E-state index is 11.7. The van der Waals surface area contributed by atoms with Crippen molar-refractivity contribution in [2.75, 3.05) is 20.2 Å². The van der Waals surface area contributed by atoms with Crippen LogP contribution in [-0.2, 0) is 17.8 Å². The van der Waals surface area contributed by atoms with Crippen LogP contribution in [0.15, 0.2) is 48.8 Å². The van der Waals surface area contributed by atoms with Gasteiger partial charge in [0.05, 0.1) is 7.11 Å². The van der Waals surface area contributed by atoms with Crippen LogP contribution in [0.5, 0.6) is 5.75 Å². The van der Waals surface area contributed by atoms with Gasteiger partial charge in [-0.05, 0) is 48.4 Å². The molecule has 0 radical (unpaired) electrons. The topological polar surface area (TPSA) is 63.2 Å². The molecule has 0 atom stereocenters. The van der Waals surface area contributed by atoms with Crippen molar-refractivity contribution < 1.29 is 9.53 Å². The first-order valence-corrected chi connectivity index (χ1v) is 7.77. The van der Waals surface area contributed by atoms with E-state index in [4.69, 9.17) is 4.74 Å². The molecule has 2 N–H and O–H groups in total. The van der Waals surface area contributed by atoms with Crippen LogP contribution in [0.25, 0.3) is 0 Å². The molecule has 0 unspecified atom stereocenters. The fourth-order valence-electron chi connectivity index (χ4n) is 2.14. The minimum absolute atomic E-state index is 0.0544. The minimum Gasteiger partial charge on any atom is -0.497 e. The molecular formula is C18H23N3O2. The molecule has 0 saturated carbocycles. The molecule has 0 aliphatic carbocycles. The van der Waals surface area contributed by atoms with Gasteiger partial charge in [-0.2, -0.15) is 0 Å². The Morgan fingerprint density at radius 3 is 2.48 bits per heavy atom. The second-order valence-electron chi connectivity index (χ2n) is 5.23. The lowest BCUT2D eigenvalue weighted by Gasteiger charge is -2.07. The minimum atomic E-state index is 0.0544. The van der Waals surface area contributed by atoms with Gasteiger partial charge in [0.25, 0.3) is 0 Å². The Morgan fingerprint density at radius 2 is 1.78 bits per heavy atom. The second kappa shape index (κ2) is 9.58. The van der Waals surface area contributed by atoms with Crippen molar-refractivity contribution in [3.05, 3.63) is 59.9 Å². The van der Waals surface area contributed by atoms with Gasteiger partial charge in [-0.1, -0.05) is 12.1 Å². The smallest absolute Gasteiger partial charge is 0.221 e. The molecule has 2 aromatic rings. The number of ether oxygens (including phenoxy) is 1. The van der Waals surface area contributed by atoms with Crippen LogP contribution in [-0.4, -0.2) is 31.1 Å². The molecule has 5 nitrogen and oxygen atoms in total.